The van der Waals surface area contributed by atoms with Gasteiger partial charge >= 0.3 is 5.69 Å². The lowest BCUT2D eigenvalue weighted by molar-refractivity contribution is -0.135. The number of morpholine rings is 1. The van der Waals surface area contributed by atoms with Crippen LogP contribution in [0.5, 0.6) is 0 Å². The number of anilines is 3. The third-order valence-electron chi connectivity index (χ3n) is 14.3. The Hall–Kier alpha value is -5.80. The number of alkyl halides is 2. The minimum absolute atomic E-state index is 0.0231. The molecule has 1 unspecified atom stereocenters. The van der Waals surface area contributed by atoms with Crippen LogP contribution >= 0.6 is 0 Å². The Morgan fingerprint density at radius 2 is 1.68 bits per heavy atom. The highest BCUT2D eigenvalue weighted by Gasteiger charge is 2.41. The molecule has 0 radical (unpaired) electrons. The summed E-state index contributed by atoms with van der Waals surface area (Å²) >= 11 is 0. The quantitative estimate of drug-likeness (QED) is 0.208. The van der Waals surface area contributed by atoms with Gasteiger partial charge in [0.2, 0.25) is 11.8 Å². The van der Waals surface area contributed by atoms with Gasteiger partial charge in [-0.3, -0.25) is 43.3 Å². The van der Waals surface area contributed by atoms with Gasteiger partial charge in [-0.2, -0.15) is 10.2 Å². The summed E-state index contributed by atoms with van der Waals surface area (Å²) in [7, 11) is 1.50. The molecule has 5 saturated heterocycles. The van der Waals surface area contributed by atoms with Gasteiger partial charge in [-0.25, -0.2) is 27.5 Å². The first kappa shape index (κ1) is 40.0. The number of carbonyl (C=O) groups excluding carboxylic acids is 3. The molecule has 1 aromatic carbocycles. The van der Waals surface area contributed by atoms with E-state index in [1.165, 1.54) is 33.1 Å². The first-order valence-electron chi connectivity index (χ1n) is 21.9. The molecule has 3 atom stereocenters. The van der Waals surface area contributed by atoms with Crippen molar-refractivity contribution < 1.29 is 32.3 Å². The van der Waals surface area contributed by atoms with Crippen molar-refractivity contribution in [2.45, 2.75) is 87.7 Å². The molecule has 9 heterocycles. The average molecular weight is 872 g/mol. The summed E-state index contributed by atoms with van der Waals surface area (Å²) in [4.78, 5) is 64.9. The number of amides is 3. The number of hydrogen-bond acceptors (Lipinski definition) is 12. The number of nitrogens with zero attached hydrogens (tertiary/aromatic N) is 11. The number of aryl methyl sites for hydroxylation is 1. The first-order chi connectivity index (χ1) is 30.5. The van der Waals surface area contributed by atoms with E-state index in [9.17, 15) is 28.0 Å². The first-order valence-corrected chi connectivity index (χ1v) is 21.9. The second-order valence-corrected chi connectivity index (χ2v) is 17.8. The zero-order valence-electron chi connectivity index (χ0n) is 34.7. The van der Waals surface area contributed by atoms with Crippen LogP contribution in [-0.2, 0) is 21.4 Å². The maximum Gasteiger partial charge on any atom is 0.329 e. The van der Waals surface area contributed by atoms with E-state index in [1.807, 2.05) is 11.0 Å². The van der Waals surface area contributed by atoms with Crippen LogP contribution in [0.4, 0.5) is 30.4 Å². The molecule has 5 aromatic rings. The van der Waals surface area contributed by atoms with E-state index in [1.54, 1.807) is 23.0 Å². The number of piperidine rings is 1. The summed E-state index contributed by atoms with van der Waals surface area (Å²) < 4.78 is 56.1. The number of imidazole rings is 1. The molecule has 1 saturated carbocycles. The molecule has 6 fully saturated rings. The van der Waals surface area contributed by atoms with Crippen LogP contribution in [0.25, 0.3) is 16.7 Å². The predicted octanol–water partition coefficient (Wildman–Crippen LogP) is 2.85. The highest BCUT2D eigenvalue weighted by Crippen LogP contribution is 2.37. The number of aromatic nitrogens is 7. The SMILES string of the molecule is Cn1c(=O)n(C2CCC(=O)NC2=O)c2ccc(N3CC(N4CCN(C5CCC(n6cc(NC(=O)c7cnn8ccc(N9C[C@H]%10C[C@@H]9CO%10)nc78)c(C(F)F)n6)CC5)CC4)C3)c(F)c21. The van der Waals surface area contributed by atoms with E-state index in [0.29, 0.717) is 42.6 Å². The molecule has 1 aliphatic carbocycles. The lowest BCUT2D eigenvalue weighted by atomic mass is 9.89. The molecule has 3 amide bonds. The molecular weight excluding hydrogens is 824 g/mol. The second-order valence-electron chi connectivity index (χ2n) is 17.8. The Bertz CT molecular complexity index is 2690. The topological polar surface area (TPSA) is 172 Å². The van der Waals surface area contributed by atoms with Gasteiger partial charge in [-0.1, -0.05) is 0 Å². The van der Waals surface area contributed by atoms with Crippen LogP contribution in [-0.4, -0.2) is 138 Å². The van der Waals surface area contributed by atoms with E-state index in [2.05, 4.69) is 35.5 Å². The molecule has 2 N–H and O–H groups in total. The number of hydrogen-bond donors (Lipinski definition) is 2. The van der Waals surface area contributed by atoms with Crippen LogP contribution in [0.1, 0.15) is 79.5 Å². The summed E-state index contributed by atoms with van der Waals surface area (Å²) in [5.41, 5.74) is 0.401. The van der Waals surface area contributed by atoms with Crippen molar-refractivity contribution >= 4 is 51.6 Å². The molecule has 6 aliphatic rings. The minimum Gasteiger partial charge on any atom is -0.374 e. The third kappa shape index (κ3) is 6.85. The van der Waals surface area contributed by atoms with E-state index in [0.717, 1.165) is 70.6 Å². The average Bonchev–Trinajstić information content (AvgIpc) is 4.11. The van der Waals surface area contributed by atoms with Crippen LogP contribution in [0, 0.1) is 5.82 Å². The van der Waals surface area contributed by atoms with Crippen molar-refractivity contribution in [3.8, 4) is 0 Å². The van der Waals surface area contributed by atoms with Gasteiger partial charge < -0.3 is 19.9 Å². The Labute approximate surface area is 358 Å². The number of nitrogens with one attached hydrogen (secondary N) is 2. The number of ether oxygens (including phenoxy) is 1. The fraction of sp³-hybridized carbons (Fsp3) is 0.548. The number of rotatable bonds is 9. The van der Waals surface area contributed by atoms with Crippen molar-refractivity contribution in [3.63, 3.8) is 0 Å². The highest BCUT2D eigenvalue weighted by molar-refractivity contribution is 6.08. The van der Waals surface area contributed by atoms with Gasteiger partial charge in [0.15, 0.2) is 17.2 Å². The molecule has 18 nitrogen and oxygen atoms in total. The number of imide groups is 1. The Balaban J connectivity index is 0.684. The fourth-order valence-electron chi connectivity index (χ4n) is 10.8. The van der Waals surface area contributed by atoms with Crippen LogP contribution in [0.3, 0.4) is 0 Å². The number of benzene rings is 1. The van der Waals surface area contributed by atoms with Gasteiger partial charge in [-0.05, 0) is 56.7 Å². The molecular formula is C42H48F3N13O5. The maximum atomic E-state index is 16.1. The number of carbonyl (C=O) groups is 3. The monoisotopic (exact) mass is 871 g/mol. The van der Waals surface area contributed by atoms with Crippen molar-refractivity contribution in [1.29, 1.82) is 0 Å². The number of halogens is 3. The maximum absolute atomic E-state index is 16.1. The predicted molar refractivity (Wildman–Crippen MR) is 223 cm³/mol. The Morgan fingerprint density at radius 1 is 0.937 bits per heavy atom. The second kappa shape index (κ2) is 15.5. The van der Waals surface area contributed by atoms with Gasteiger partial charge in [-0.15, -0.1) is 0 Å². The van der Waals surface area contributed by atoms with E-state index < -0.39 is 41.5 Å². The Kier molecular flexibility index (Phi) is 9.83. The number of fused-ring (bicyclic) bond motifs is 4. The summed E-state index contributed by atoms with van der Waals surface area (Å²) in [6, 6.07) is 5.11. The van der Waals surface area contributed by atoms with Crippen molar-refractivity contribution in [2.75, 3.05) is 67.5 Å². The molecule has 332 valence electrons. The Morgan fingerprint density at radius 3 is 2.38 bits per heavy atom. The van der Waals surface area contributed by atoms with Gasteiger partial charge in [0.1, 0.15) is 22.9 Å². The smallest absolute Gasteiger partial charge is 0.329 e. The highest BCUT2D eigenvalue weighted by atomic mass is 19.3. The molecule has 11 rings (SSSR count). The van der Waals surface area contributed by atoms with Crippen molar-refractivity contribution in [3.05, 3.63) is 64.3 Å². The van der Waals surface area contributed by atoms with Crippen LogP contribution in [0.2, 0.25) is 0 Å². The van der Waals surface area contributed by atoms with Crippen molar-refractivity contribution in [1.82, 2.24) is 48.6 Å². The van der Waals surface area contributed by atoms with Crippen LogP contribution in [0.15, 0.2) is 41.6 Å². The standard InChI is InChI=1S/C42H48F3N13O5/c1-51-37-31(58(42(51)62)32-8-9-34(59)49-41(32)61)7-6-30(35(37)43)54-18-26(19-54)53-14-12-52(13-15-53)23-2-4-24(5-3-23)57-21-29(36(50-57)38(44)45)47-40(60)28-17-46-56-11-10-33(48-39(28)56)55-20-27-16-25(55)22-63-27/h6-7,10-11,17,21,23-27,32,38H,2-5,8-9,12-16,18-20,22H2,1H3,(H,47,60)(H,49,59,61)/t23?,24?,25-,27-,32?/m1/s1. The minimum atomic E-state index is -2.88. The normalized spacial score (nSPS) is 26.1. The largest absolute Gasteiger partial charge is 0.374 e. The lowest BCUT2D eigenvalue weighted by Gasteiger charge is -2.50. The van der Waals surface area contributed by atoms with E-state index in [-0.39, 0.29) is 59.7 Å². The van der Waals surface area contributed by atoms with Gasteiger partial charge in [0.25, 0.3) is 12.3 Å². The molecule has 63 heavy (non-hydrogen) atoms. The molecule has 0 spiro atoms. The molecule has 21 heteroatoms. The molecule has 4 aromatic heterocycles. The molecule has 2 bridgehead atoms. The van der Waals surface area contributed by atoms with Gasteiger partial charge in [0.05, 0.1) is 47.9 Å². The third-order valence-corrected chi connectivity index (χ3v) is 14.3. The van der Waals surface area contributed by atoms with Crippen molar-refractivity contribution in [2.24, 2.45) is 7.05 Å². The number of piperazine rings is 1. The van der Waals surface area contributed by atoms with E-state index >= 15 is 4.39 Å². The summed E-state index contributed by atoms with van der Waals surface area (Å²) in [5.74, 6) is -1.31. The van der Waals surface area contributed by atoms with Crippen LogP contribution < -0.4 is 26.1 Å². The van der Waals surface area contributed by atoms with Gasteiger partial charge in [0, 0.05) is 83.8 Å². The zero-order valence-corrected chi connectivity index (χ0v) is 34.7. The summed E-state index contributed by atoms with van der Waals surface area (Å²) in [6.45, 7) is 6.19. The fourth-order valence-corrected chi connectivity index (χ4v) is 10.8. The van der Waals surface area contributed by atoms with E-state index in [4.69, 9.17) is 9.72 Å². The summed E-state index contributed by atoms with van der Waals surface area (Å²) in [6.07, 6.45) is 6.51. The molecule has 5 aliphatic heterocycles. The zero-order chi connectivity index (χ0) is 43.3. The summed E-state index contributed by atoms with van der Waals surface area (Å²) in [5, 5.41) is 13.5. The lowest BCUT2D eigenvalue weighted by Crippen LogP contribution is -2.64.